The van der Waals surface area contributed by atoms with Crippen molar-refractivity contribution < 1.29 is 9.84 Å². The molecule has 0 aliphatic heterocycles. The summed E-state index contributed by atoms with van der Waals surface area (Å²) < 4.78 is 7.07. The number of aromatic nitrogens is 2. The first-order chi connectivity index (χ1) is 12.2. The molecule has 0 unspecified atom stereocenters. The summed E-state index contributed by atoms with van der Waals surface area (Å²) >= 11 is 0. The molecule has 0 bridgehead atoms. The van der Waals surface area contributed by atoms with Crippen LogP contribution in [0.15, 0.2) is 60.9 Å². The Kier molecular flexibility index (Phi) is 5.64. The van der Waals surface area contributed by atoms with Crippen LogP contribution in [0, 0.1) is 0 Å². The van der Waals surface area contributed by atoms with Crippen LogP contribution in [0.2, 0.25) is 0 Å². The van der Waals surface area contributed by atoms with Gasteiger partial charge >= 0.3 is 0 Å². The van der Waals surface area contributed by atoms with Gasteiger partial charge in [0.1, 0.15) is 0 Å². The second kappa shape index (κ2) is 8.10. The van der Waals surface area contributed by atoms with Crippen molar-refractivity contribution in [3.05, 3.63) is 66.5 Å². The van der Waals surface area contributed by atoms with Crippen molar-refractivity contribution in [1.82, 2.24) is 9.55 Å². The standard InChI is InChI=1S/C21H24N2O2/c1-3-16-9-11-18(12-10-16)21-20(17-7-5-4-6-8-17)22-15-23(21)13-19(24)14-25-2/h4-12,15,19,24H,3,13-14H2,1-2H3/t19-/m1/s1. The van der Waals surface area contributed by atoms with Crippen molar-refractivity contribution >= 4 is 0 Å². The molecule has 1 aromatic heterocycles. The molecule has 1 N–H and O–H groups in total. The SMILES string of the molecule is CCc1ccc(-c2c(-c3ccccc3)ncn2C[C@@H](O)COC)cc1. The molecule has 3 aromatic rings. The predicted molar refractivity (Wildman–Crippen MR) is 100 cm³/mol. The molecule has 0 saturated carbocycles. The molecule has 1 heterocycles. The third kappa shape index (κ3) is 3.98. The Hall–Kier alpha value is -2.43. The molecule has 0 aliphatic rings. The Bertz CT molecular complexity index is 795. The number of rotatable bonds is 7. The topological polar surface area (TPSA) is 47.3 Å². The van der Waals surface area contributed by atoms with Gasteiger partial charge in [0, 0.05) is 18.2 Å². The smallest absolute Gasteiger partial charge is 0.0963 e. The summed E-state index contributed by atoms with van der Waals surface area (Å²) in [6.07, 6.45) is 2.23. The second-order valence-corrected chi connectivity index (χ2v) is 6.12. The molecular formula is C21H24N2O2. The van der Waals surface area contributed by atoms with Gasteiger partial charge in [-0.05, 0) is 12.0 Å². The summed E-state index contributed by atoms with van der Waals surface area (Å²) in [6, 6.07) is 18.7. The molecule has 0 aliphatic carbocycles. The maximum atomic E-state index is 10.2. The Morgan fingerprint density at radius 1 is 1.04 bits per heavy atom. The zero-order valence-electron chi connectivity index (χ0n) is 14.7. The Labute approximate surface area is 148 Å². The number of hydrogen-bond acceptors (Lipinski definition) is 3. The molecule has 3 rings (SSSR count). The van der Waals surface area contributed by atoms with E-state index < -0.39 is 6.10 Å². The quantitative estimate of drug-likeness (QED) is 0.714. The highest BCUT2D eigenvalue weighted by molar-refractivity contribution is 5.78. The zero-order chi connectivity index (χ0) is 17.6. The molecule has 0 saturated heterocycles. The van der Waals surface area contributed by atoms with E-state index in [-0.39, 0.29) is 0 Å². The molecule has 4 heteroatoms. The van der Waals surface area contributed by atoms with E-state index in [1.54, 1.807) is 13.4 Å². The van der Waals surface area contributed by atoms with Gasteiger partial charge in [-0.1, -0.05) is 61.5 Å². The van der Waals surface area contributed by atoms with Gasteiger partial charge in [0.05, 0.1) is 37.0 Å². The van der Waals surface area contributed by atoms with Crippen molar-refractivity contribution in [3.63, 3.8) is 0 Å². The lowest BCUT2D eigenvalue weighted by Crippen LogP contribution is -2.21. The molecule has 25 heavy (non-hydrogen) atoms. The molecule has 0 spiro atoms. The van der Waals surface area contributed by atoms with Crippen LogP contribution in [0.5, 0.6) is 0 Å². The summed E-state index contributed by atoms with van der Waals surface area (Å²) in [4.78, 5) is 4.63. The van der Waals surface area contributed by atoms with Gasteiger partial charge in [-0.3, -0.25) is 0 Å². The van der Waals surface area contributed by atoms with Crippen LogP contribution in [0.4, 0.5) is 0 Å². The van der Waals surface area contributed by atoms with E-state index in [1.165, 1.54) is 5.56 Å². The lowest BCUT2D eigenvalue weighted by Gasteiger charge is -2.15. The summed E-state index contributed by atoms with van der Waals surface area (Å²) in [5, 5.41) is 10.2. The van der Waals surface area contributed by atoms with Gasteiger partial charge in [0.15, 0.2) is 0 Å². The number of imidazole rings is 1. The maximum absolute atomic E-state index is 10.2. The third-order valence-electron chi connectivity index (χ3n) is 4.29. The molecule has 2 aromatic carbocycles. The Morgan fingerprint density at radius 2 is 1.76 bits per heavy atom. The molecule has 0 amide bonds. The predicted octanol–water partition coefficient (Wildman–Crippen LogP) is 3.79. The van der Waals surface area contributed by atoms with Gasteiger partial charge in [-0.2, -0.15) is 0 Å². The summed E-state index contributed by atoms with van der Waals surface area (Å²) in [6.45, 7) is 2.89. The van der Waals surface area contributed by atoms with E-state index in [0.717, 1.165) is 28.9 Å². The monoisotopic (exact) mass is 336 g/mol. The van der Waals surface area contributed by atoms with Crippen LogP contribution in [0.1, 0.15) is 12.5 Å². The van der Waals surface area contributed by atoms with E-state index in [4.69, 9.17) is 4.74 Å². The number of methoxy groups -OCH3 is 1. The normalized spacial score (nSPS) is 12.3. The van der Waals surface area contributed by atoms with E-state index in [2.05, 4.69) is 48.3 Å². The van der Waals surface area contributed by atoms with Crippen LogP contribution in [0.3, 0.4) is 0 Å². The third-order valence-corrected chi connectivity index (χ3v) is 4.29. The van der Waals surface area contributed by atoms with Crippen LogP contribution < -0.4 is 0 Å². The van der Waals surface area contributed by atoms with Crippen molar-refractivity contribution in [1.29, 1.82) is 0 Å². The number of nitrogens with zero attached hydrogens (tertiary/aromatic N) is 2. The van der Waals surface area contributed by atoms with Crippen molar-refractivity contribution in [2.75, 3.05) is 13.7 Å². The van der Waals surface area contributed by atoms with Crippen LogP contribution >= 0.6 is 0 Å². The number of aliphatic hydroxyl groups excluding tert-OH is 1. The average Bonchev–Trinajstić information content (AvgIpc) is 3.06. The van der Waals surface area contributed by atoms with Crippen LogP contribution in [-0.4, -0.2) is 34.5 Å². The van der Waals surface area contributed by atoms with E-state index in [1.807, 2.05) is 22.8 Å². The van der Waals surface area contributed by atoms with Gasteiger partial charge in [0.2, 0.25) is 0 Å². The van der Waals surface area contributed by atoms with Gasteiger partial charge in [-0.25, -0.2) is 4.98 Å². The zero-order valence-corrected chi connectivity index (χ0v) is 14.7. The van der Waals surface area contributed by atoms with Gasteiger partial charge in [-0.15, -0.1) is 0 Å². The first-order valence-corrected chi connectivity index (χ1v) is 8.59. The number of hydrogen-bond donors (Lipinski definition) is 1. The van der Waals surface area contributed by atoms with E-state index in [9.17, 15) is 5.11 Å². The Morgan fingerprint density at radius 3 is 2.40 bits per heavy atom. The second-order valence-electron chi connectivity index (χ2n) is 6.12. The maximum Gasteiger partial charge on any atom is 0.0963 e. The number of ether oxygens (including phenoxy) is 1. The minimum atomic E-state index is -0.573. The lowest BCUT2D eigenvalue weighted by molar-refractivity contribution is 0.0539. The van der Waals surface area contributed by atoms with Crippen LogP contribution in [-0.2, 0) is 17.7 Å². The summed E-state index contributed by atoms with van der Waals surface area (Å²) in [5.74, 6) is 0. The fourth-order valence-electron chi connectivity index (χ4n) is 3.00. The van der Waals surface area contributed by atoms with Crippen molar-refractivity contribution in [2.24, 2.45) is 0 Å². The molecule has 4 nitrogen and oxygen atoms in total. The summed E-state index contributed by atoms with van der Waals surface area (Å²) in [7, 11) is 1.59. The molecule has 1 atom stereocenters. The molecular weight excluding hydrogens is 312 g/mol. The van der Waals surface area contributed by atoms with Crippen molar-refractivity contribution in [3.8, 4) is 22.5 Å². The van der Waals surface area contributed by atoms with Crippen LogP contribution in [0.25, 0.3) is 22.5 Å². The highest BCUT2D eigenvalue weighted by Gasteiger charge is 2.17. The van der Waals surface area contributed by atoms with Gasteiger partial charge in [0.25, 0.3) is 0 Å². The largest absolute Gasteiger partial charge is 0.389 e. The number of benzene rings is 2. The molecule has 0 radical (unpaired) electrons. The Balaban J connectivity index is 2.05. The lowest BCUT2D eigenvalue weighted by atomic mass is 10.0. The fraction of sp³-hybridized carbons (Fsp3) is 0.286. The average molecular weight is 336 g/mol. The first-order valence-electron chi connectivity index (χ1n) is 8.59. The van der Waals surface area contributed by atoms with E-state index >= 15 is 0 Å². The summed E-state index contributed by atoms with van der Waals surface area (Å²) in [5.41, 5.74) is 5.41. The highest BCUT2D eigenvalue weighted by atomic mass is 16.5. The number of aryl methyl sites for hydroxylation is 1. The van der Waals surface area contributed by atoms with E-state index in [0.29, 0.717) is 13.2 Å². The minimum absolute atomic E-state index is 0.299. The molecule has 0 fully saturated rings. The highest BCUT2D eigenvalue weighted by Crippen LogP contribution is 2.31. The number of aliphatic hydroxyl groups is 1. The first kappa shape index (κ1) is 17.4. The fourth-order valence-corrected chi connectivity index (χ4v) is 3.00. The van der Waals surface area contributed by atoms with Crippen molar-refractivity contribution in [2.45, 2.75) is 26.0 Å². The molecule has 130 valence electrons. The van der Waals surface area contributed by atoms with Gasteiger partial charge < -0.3 is 14.4 Å². The minimum Gasteiger partial charge on any atom is -0.389 e.